The van der Waals surface area contributed by atoms with E-state index in [1.54, 1.807) is 0 Å². The summed E-state index contributed by atoms with van der Waals surface area (Å²) in [7, 11) is 0. The molecule has 0 amide bonds. The second kappa shape index (κ2) is 5.95. The van der Waals surface area contributed by atoms with Gasteiger partial charge >= 0.3 is 17.9 Å². The van der Waals surface area contributed by atoms with Gasteiger partial charge in [0.15, 0.2) is 0 Å². The molecule has 0 aliphatic carbocycles. The smallest absolute Gasteiger partial charge is 0.338 e. The summed E-state index contributed by atoms with van der Waals surface area (Å²) in [5, 5.41) is 0. The number of rotatable bonds is 0. The van der Waals surface area contributed by atoms with Gasteiger partial charge in [0.05, 0.1) is 6.61 Å². The summed E-state index contributed by atoms with van der Waals surface area (Å²) in [4.78, 5) is 30.3. The van der Waals surface area contributed by atoms with E-state index in [2.05, 4.69) is 4.74 Å². The van der Waals surface area contributed by atoms with Crippen LogP contribution in [0.3, 0.4) is 0 Å². The Balaban J connectivity index is 0.000000151. The molecule has 0 radical (unpaired) electrons. The third-order valence-corrected chi connectivity index (χ3v) is 1.84. The summed E-state index contributed by atoms with van der Waals surface area (Å²) in [6, 6.07) is 0. The lowest BCUT2D eigenvalue weighted by Crippen LogP contribution is -2.00. The van der Waals surface area contributed by atoms with E-state index >= 15 is 0 Å². The molecule has 2 aliphatic heterocycles. The molecule has 0 aromatic rings. The third-order valence-electron chi connectivity index (χ3n) is 1.84. The predicted octanol–water partition coefficient (Wildman–Crippen LogP) is 0.730. The van der Waals surface area contributed by atoms with E-state index in [-0.39, 0.29) is 5.97 Å². The Morgan fingerprint density at radius 2 is 1.60 bits per heavy atom. The molecule has 2 rings (SSSR count). The van der Waals surface area contributed by atoms with Gasteiger partial charge < -0.3 is 9.47 Å². The lowest BCUT2D eigenvalue weighted by Gasteiger charge is -1.93. The van der Waals surface area contributed by atoms with Crippen LogP contribution in [-0.4, -0.2) is 24.5 Å². The zero-order chi connectivity index (χ0) is 11.1. The van der Waals surface area contributed by atoms with E-state index in [1.165, 1.54) is 0 Å². The van der Waals surface area contributed by atoms with Crippen LogP contribution in [0.15, 0.2) is 12.2 Å². The largest absolute Gasteiger partial charge is 0.466 e. The van der Waals surface area contributed by atoms with Crippen molar-refractivity contribution in [1.29, 1.82) is 0 Å². The lowest BCUT2D eigenvalue weighted by atomic mass is 10.2. The SMILES string of the molecule is O=C1C=CC(=O)O1.O=C1CCCCCO1. The molecule has 0 aromatic heterocycles. The third kappa shape index (κ3) is 4.95. The topological polar surface area (TPSA) is 69.7 Å². The molecular weight excluding hydrogens is 200 g/mol. The first kappa shape index (κ1) is 11.4. The van der Waals surface area contributed by atoms with Crippen LogP contribution < -0.4 is 0 Å². The zero-order valence-corrected chi connectivity index (χ0v) is 8.23. The first-order valence-electron chi connectivity index (χ1n) is 4.78. The first-order valence-corrected chi connectivity index (χ1v) is 4.78. The van der Waals surface area contributed by atoms with Crippen molar-refractivity contribution in [3.05, 3.63) is 12.2 Å². The molecule has 82 valence electrons. The molecule has 1 saturated heterocycles. The van der Waals surface area contributed by atoms with Crippen LogP contribution in [0.2, 0.25) is 0 Å². The van der Waals surface area contributed by atoms with E-state index in [1.807, 2.05) is 0 Å². The minimum absolute atomic E-state index is 0.0255. The van der Waals surface area contributed by atoms with Gasteiger partial charge in [-0.2, -0.15) is 0 Å². The van der Waals surface area contributed by atoms with Crippen molar-refractivity contribution in [1.82, 2.24) is 0 Å². The van der Waals surface area contributed by atoms with Gasteiger partial charge in [0, 0.05) is 18.6 Å². The number of hydrogen-bond donors (Lipinski definition) is 0. The van der Waals surface area contributed by atoms with Gasteiger partial charge in [-0.15, -0.1) is 0 Å². The Kier molecular flexibility index (Phi) is 4.53. The van der Waals surface area contributed by atoms with E-state index in [4.69, 9.17) is 4.74 Å². The van der Waals surface area contributed by atoms with Crippen molar-refractivity contribution in [3.63, 3.8) is 0 Å². The molecule has 1 fully saturated rings. The summed E-state index contributed by atoms with van der Waals surface area (Å²) >= 11 is 0. The Morgan fingerprint density at radius 3 is 2.13 bits per heavy atom. The van der Waals surface area contributed by atoms with Crippen LogP contribution in [0, 0.1) is 0 Å². The average molecular weight is 212 g/mol. The van der Waals surface area contributed by atoms with Crippen LogP contribution in [0.5, 0.6) is 0 Å². The maximum absolute atomic E-state index is 10.5. The highest BCUT2D eigenvalue weighted by Gasteiger charge is 2.10. The standard InChI is InChI=1S/C6H10O2.C4H2O3/c7-6-4-2-1-3-5-8-6;5-3-1-2-4(6)7-3/h1-5H2;1-2H. The molecule has 2 aliphatic rings. The van der Waals surface area contributed by atoms with Crippen molar-refractivity contribution in [2.75, 3.05) is 6.61 Å². The molecule has 0 unspecified atom stereocenters. The normalized spacial score (nSPS) is 19.9. The van der Waals surface area contributed by atoms with Gasteiger partial charge in [-0.1, -0.05) is 0 Å². The number of cyclic esters (lactones) is 3. The maximum atomic E-state index is 10.5. The monoisotopic (exact) mass is 212 g/mol. The molecule has 2 heterocycles. The fourth-order valence-corrected chi connectivity index (χ4v) is 1.11. The fourth-order valence-electron chi connectivity index (χ4n) is 1.11. The molecule has 0 spiro atoms. The molecule has 0 bridgehead atoms. The molecule has 15 heavy (non-hydrogen) atoms. The molecule has 0 saturated carbocycles. The van der Waals surface area contributed by atoms with E-state index < -0.39 is 11.9 Å². The van der Waals surface area contributed by atoms with Gasteiger partial charge in [0.1, 0.15) is 0 Å². The van der Waals surface area contributed by atoms with Crippen molar-refractivity contribution >= 4 is 17.9 Å². The van der Waals surface area contributed by atoms with Crippen molar-refractivity contribution < 1.29 is 23.9 Å². The van der Waals surface area contributed by atoms with E-state index in [0.717, 1.165) is 31.4 Å². The van der Waals surface area contributed by atoms with Gasteiger partial charge in [-0.05, 0) is 19.3 Å². The highest BCUT2D eigenvalue weighted by molar-refractivity contribution is 6.04. The minimum atomic E-state index is -0.579. The lowest BCUT2D eigenvalue weighted by molar-refractivity contribution is -0.150. The number of ether oxygens (including phenoxy) is 2. The zero-order valence-electron chi connectivity index (χ0n) is 8.23. The quantitative estimate of drug-likeness (QED) is 0.437. The van der Waals surface area contributed by atoms with Crippen LogP contribution >= 0.6 is 0 Å². The second-order valence-corrected chi connectivity index (χ2v) is 3.10. The Hall–Kier alpha value is -1.65. The van der Waals surface area contributed by atoms with E-state index in [0.29, 0.717) is 13.0 Å². The molecule has 5 nitrogen and oxygen atoms in total. The van der Waals surface area contributed by atoms with Crippen molar-refractivity contribution in [3.8, 4) is 0 Å². The van der Waals surface area contributed by atoms with Gasteiger partial charge in [-0.3, -0.25) is 4.79 Å². The predicted molar refractivity (Wildman–Crippen MR) is 49.7 cm³/mol. The molecule has 0 atom stereocenters. The van der Waals surface area contributed by atoms with Crippen LogP contribution in [0.25, 0.3) is 0 Å². The Morgan fingerprint density at radius 1 is 0.933 bits per heavy atom. The molecule has 5 heteroatoms. The summed E-state index contributed by atoms with van der Waals surface area (Å²) in [6.07, 6.45) is 6.00. The summed E-state index contributed by atoms with van der Waals surface area (Å²) in [6.45, 7) is 0.638. The number of carbonyl (C=O) groups excluding carboxylic acids is 3. The summed E-state index contributed by atoms with van der Waals surface area (Å²) < 4.78 is 8.74. The number of hydrogen-bond acceptors (Lipinski definition) is 5. The summed E-state index contributed by atoms with van der Waals surface area (Å²) in [5.41, 5.74) is 0. The Labute approximate surface area is 87.0 Å². The van der Waals surface area contributed by atoms with Gasteiger partial charge in [0.25, 0.3) is 0 Å². The van der Waals surface area contributed by atoms with Crippen LogP contribution in [0.4, 0.5) is 0 Å². The highest BCUT2D eigenvalue weighted by Crippen LogP contribution is 2.06. The van der Waals surface area contributed by atoms with Gasteiger partial charge in [-0.25, -0.2) is 9.59 Å². The minimum Gasteiger partial charge on any atom is -0.466 e. The Bertz CT molecular complexity index is 266. The number of esters is 3. The highest BCUT2D eigenvalue weighted by atomic mass is 16.6. The summed E-state index contributed by atoms with van der Waals surface area (Å²) in [5.74, 6) is -1.18. The molecular formula is C10H12O5. The molecule has 0 aromatic carbocycles. The number of carbonyl (C=O) groups is 3. The van der Waals surface area contributed by atoms with Crippen LogP contribution in [0.1, 0.15) is 25.7 Å². The van der Waals surface area contributed by atoms with Gasteiger partial charge in [0.2, 0.25) is 0 Å². The van der Waals surface area contributed by atoms with Crippen molar-refractivity contribution in [2.24, 2.45) is 0 Å². The maximum Gasteiger partial charge on any atom is 0.338 e. The second-order valence-electron chi connectivity index (χ2n) is 3.10. The average Bonchev–Trinajstić information content (AvgIpc) is 2.44. The first-order chi connectivity index (χ1) is 7.18. The molecule has 0 N–H and O–H groups in total. The van der Waals surface area contributed by atoms with Crippen LogP contribution in [-0.2, 0) is 23.9 Å². The van der Waals surface area contributed by atoms with Crippen molar-refractivity contribution in [2.45, 2.75) is 25.7 Å². The van der Waals surface area contributed by atoms with E-state index in [9.17, 15) is 14.4 Å². The fraction of sp³-hybridized carbons (Fsp3) is 0.500.